The van der Waals surface area contributed by atoms with Crippen LogP contribution in [0.3, 0.4) is 0 Å². The third kappa shape index (κ3) is 33.3. The number of hydrogen-bond donors (Lipinski definition) is 1. The van der Waals surface area contributed by atoms with E-state index in [1.807, 2.05) is 0 Å². The zero-order valence-corrected chi connectivity index (χ0v) is 29.2. The molecule has 0 amide bonds. The molecule has 0 heterocycles. The lowest BCUT2D eigenvalue weighted by atomic mass is 10.1. The van der Waals surface area contributed by atoms with Crippen molar-refractivity contribution in [1.82, 2.24) is 0 Å². The van der Waals surface area contributed by atoms with E-state index in [0.29, 0.717) is 12.8 Å². The number of rotatable bonds is 34. The van der Waals surface area contributed by atoms with Gasteiger partial charge in [-0.15, -0.1) is 0 Å². The van der Waals surface area contributed by atoms with Gasteiger partial charge in [0.2, 0.25) is 0 Å². The molecule has 0 saturated carbocycles. The smallest absolute Gasteiger partial charge is 0.306 e. The van der Waals surface area contributed by atoms with Crippen LogP contribution in [0.4, 0.5) is 0 Å². The van der Waals surface area contributed by atoms with Crippen LogP contribution in [0.15, 0.2) is 24.3 Å². The van der Waals surface area contributed by atoms with Gasteiger partial charge in [-0.1, -0.05) is 141 Å². The van der Waals surface area contributed by atoms with E-state index in [0.717, 1.165) is 44.9 Å². The second kappa shape index (κ2) is 35.9. The predicted octanol–water partition coefficient (Wildman–Crippen LogP) is 11.5. The topological polar surface area (TPSA) is 72.8 Å². The molecule has 0 unspecified atom stereocenters. The lowest BCUT2D eigenvalue weighted by Crippen LogP contribution is -2.28. The number of ether oxygens (including phenoxy) is 2. The number of carbonyl (C=O) groups is 2. The molecule has 0 fully saturated rings. The lowest BCUT2D eigenvalue weighted by Gasteiger charge is -2.15. The zero-order valence-electron chi connectivity index (χ0n) is 29.2. The molecule has 0 aromatic heterocycles. The van der Waals surface area contributed by atoms with Crippen LogP contribution in [0.2, 0.25) is 0 Å². The van der Waals surface area contributed by atoms with Gasteiger partial charge in [-0.25, -0.2) is 0 Å². The number of hydrogen-bond acceptors (Lipinski definition) is 5. The van der Waals surface area contributed by atoms with E-state index in [-0.39, 0.29) is 25.2 Å². The number of aliphatic hydroxyl groups is 1. The maximum Gasteiger partial charge on any atom is 0.306 e. The van der Waals surface area contributed by atoms with Gasteiger partial charge in [0.1, 0.15) is 6.61 Å². The SMILES string of the molecule is CCCCCCC=CCCCCCCCC(=O)O[C@@H](CO)COC(=O)CCCCCCCCCC=CCCCCCCCC. The molecule has 0 aliphatic rings. The van der Waals surface area contributed by atoms with Crippen LogP contribution in [0, 0.1) is 0 Å². The fraction of sp³-hybridized carbons (Fsp3) is 0.846. The molecule has 5 nitrogen and oxygen atoms in total. The van der Waals surface area contributed by atoms with Crippen molar-refractivity contribution < 1.29 is 24.2 Å². The summed E-state index contributed by atoms with van der Waals surface area (Å²) in [5.41, 5.74) is 0. The van der Waals surface area contributed by atoms with Gasteiger partial charge in [0, 0.05) is 12.8 Å². The van der Waals surface area contributed by atoms with Crippen LogP contribution >= 0.6 is 0 Å². The van der Waals surface area contributed by atoms with Crippen LogP contribution in [0.5, 0.6) is 0 Å². The third-order valence-corrected chi connectivity index (χ3v) is 8.22. The van der Waals surface area contributed by atoms with Crippen molar-refractivity contribution in [3.8, 4) is 0 Å². The summed E-state index contributed by atoms with van der Waals surface area (Å²) in [6, 6.07) is 0. The summed E-state index contributed by atoms with van der Waals surface area (Å²) in [6.45, 7) is 4.11. The Morgan fingerprint density at radius 3 is 1.25 bits per heavy atom. The van der Waals surface area contributed by atoms with Crippen LogP contribution < -0.4 is 0 Å². The summed E-state index contributed by atoms with van der Waals surface area (Å²) in [5.74, 6) is -0.603. The molecule has 0 saturated heterocycles. The van der Waals surface area contributed by atoms with E-state index in [2.05, 4.69) is 38.2 Å². The van der Waals surface area contributed by atoms with Crippen molar-refractivity contribution in [2.75, 3.05) is 13.2 Å². The number of aliphatic hydroxyl groups excluding tert-OH is 1. The standard InChI is InChI=1S/C39H72O5/c1-3-5-7-9-11-13-15-17-18-19-20-22-23-25-27-29-31-33-38(41)43-36-37(35-40)44-39(42)34-32-30-28-26-24-21-16-14-12-10-8-6-4-2/h14,16-18,37,40H,3-13,15,19-36H2,1-2H3/t37-/m0/s1. The largest absolute Gasteiger partial charge is 0.462 e. The van der Waals surface area contributed by atoms with Gasteiger partial charge >= 0.3 is 11.9 Å². The molecule has 0 aliphatic heterocycles. The van der Waals surface area contributed by atoms with Gasteiger partial charge < -0.3 is 14.6 Å². The third-order valence-electron chi connectivity index (χ3n) is 8.22. The Morgan fingerprint density at radius 1 is 0.500 bits per heavy atom. The monoisotopic (exact) mass is 621 g/mol. The maximum absolute atomic E-state index is 12.1. The minimum atomic E-state index is -0.773. The quantitative estimate of drug-likeness (QED) is 0.0440. The van der Waals surface area contributed by atoms with Gasteiger partial charge in [-0.2, -0.15) is 0 Å². The second-order valence-electron chi connectivity index (χ2n) is 12.6. The minimum Gasteiger partial charge on any atom is -0.462 e. The van der Waals surface area contributed by atoms with Gasteiger partial charge in [-0.3, -0.25) is 9.59 Å². The van der Waals surface area contributed by atoms with E-state index in [1.165, 1.54) is 122 Å². The number of carbonyl (C=O) groups excluding carboxylic acids is 2. The molecule has 0 spiro atoms. The lowest BCUT2D eigenvalue weighted by molar-refractivity contribution is -0.161. The van der Waals surface area contributed by atoms with Crippen LogP contribution in [-0.4, -0.2) is 36.4 Å². The molecule has 1 N–H and O–H groups in total. The number of esters is 2. The van der Waals surface area contributed by atoms with Gasteiger partial charge in [-0.05, 0) is 64.2 Å². The van der Waals surface area contributed by atoms with Crippen molar-refractivity contribution >= 4 is 11.9 Å². The predicted molar refractivity (Wildman–Crippen MR) is 187 cm³/mol. The molecular weight excluding hydrogens is 548 g/mol. The molecule has 0 bridgehead atoms. The van der Waals surface area contributed by atoms with Gasteiger partial charge in [0.15, 0.2) is 6.10 Å². The van der Waals surface area contributed by atoms with E-state index in [1.54, 1.807) is 0 Å². The molecule has 44 heavy (non-hydrogen) atoms. The zero-order chi connectivity index (χ0) is 32.2. The summed E-state index contributed by atoms with van der Waals surface area (Å²) >= 11 is 0. The van der Waals surface area contributed by atoms with Crippen molar-refractivity contribution in [3.63, 3.8) is 0 Å². The highest BCUT2D eigenvalue weighted by molar-refractivity contribution is 5.70. The van der Waals surface area contributed by atoms with E-state index in [9.17, 15) is 14.7 Å². The molecule has 1 atom stereocenters. The van der Waals surface area contributed by atoms with Crippen LogP contribution in [-0.2, 0) is 19.1 Å². The highest BCUT2D eigenvalue weighted by Gasteiger charge is 2.16. The first-order chi connectivity index (χ1) is 21.6. The Morgan fingerprint density at radius 2 is 0.841 bits per heavy atom. The first kappa shape index (κ1) is 42.4. The number of unbranched alkanes of at least 4 members (excludes halogenated alkanes) is 22. The van der Waals surface area contributed by atoms with Crippen molar-refractivity contribution in [1.29, 1.82) is 0 Å². The molecular formula is C39H72O5. The van der Waals surface area contributed by atoms with Crippen LogP contribution in [0.1, 0.15) is 194 Å². The molecule has 0 aromatic rings. The average Bonchev–Trinajstić information content (AvgIpc) is 3.02. The van der Waals surface area contributed by atoms with E-state index >= 15 is 0 Å². The summed E-state index contributed by atoms with van der Waals surface area (Å²) in [4.78, 5) is 24.2. The summed E-state index contributed by atoms with van der Waals surface area (Å²) in [6.07, 6.45) is 40.9. The fourth-order valence-corrected chi connectivity index (χ4v) is 5.31. The molecule has 5 heteroatoms. The van der Waals surface area contributed by atoms with Crippen molar-refractivity contribution in [2.45, 2.75) is 200 Å². The molecule has 258 valence electrons. The Bertz CT molecular complexity index is 671. The second-order valence-corrected chi connectivity index (χ2v) is 12.6. The number of allylic oxidation sites excluding steroid dienone is 4. The first-order valence-electron chi connectivity index (χ1n) is 18.9. The Labute approximate surface area is 273 Å². The summed E-state index contributed by atoms with van der Waals surface area (Å²) in [5, 5.41) is 9.53. The summed E-state index contributed by atoms with van der Waals surface area (Å²) < 4.78 is 10.6. The highest BCUT2D eigenvalue weighted by Crippen LogP contribution is 2.13. The fourth-order valence-electron chi connectivity index (χ4n) is 5.31. The van der Waals surface area contributed by atoms with E-state index in [4.69, 9.17) is 9.47 Å². The Hall–Kier alpha value is -1.62. The molecule has 0 radical (unpaired) electrons. The normalized spacial score (nSPS) is 12.3. The van der Waals surface area contributed by atoms with E-state index < -0.39 is 6.10 Å². The maximum atomic E-state index is 12.1. The Balaban J connectivity index is 3.56. The van der Waals surface area contributed by atoms with Gasteiger partial charge in [0.25, 0.3) is 0 Å². The highest BCUT2D eigenvalue weighted by atomic mass is 16.6. The molecule has 0 rings (SSSR count). The van der Waals surface area contributed by atoms with Crippen molar-refractivity contribution in [3.05, 3.63) is 24.3 Å². The molecule has 0 aliphatic carbocycles. The minimum absolute atomic E-state index is 0.0688. The Kier molecular flexibility index (Phi) is 34.5. The van der Waals surface area contributed by atoms with Crippen LogP contribution in [0.25, 0.3) is 0 Å². The average molecular weight is 621 g/mol. The van der Waals surface area contributed by atoms with Crippen molar-refractivity contribution in [2.24, 2.45) is 0 Å². The van der Waals surface area contributed by atoms with Gasteiger partial charge in [0.05, 0.1) is 6.61 Å². The molecule has 0 aromatic carbocycles. The first-order valence-corrected chi connectivity index (χ1v) is 18.9. The summed E-state index contributed by atoms with van der Waals surface area (Å²) in [7, 11) is 0.